The lowest BCUT2D eigenvalue weighted by molar-refractivity contribution is -0.132. The lowest BCUT2D eigenvalue weighted by atomic mass is 10.1. The molecule has 0 saturated carbocycles. The van der Waals surface area contributed by atoms with E-state index in [4.69, 9.17) is 0 Å². The highest BCUT2D eigenvalue weighted by Gasteiger charge is 2.35. The van der Waals surface area contributed by atoms with E-state index in [1.54, 1.807) is 30.0 Å². The van der Waals surface area contributed by atoms with E-state index in [1.165, 1.54) is 0 Å². The Balaban J connectivity index is 2.24. The van der Waals surface area contributed by atoms with Crippen molar-refractivity contribution < 1.29 is 9.59 Å². The minimum atomic E-state index is -0.324. The highest BCUT2D eigenvalue weighted by atomic mass is 79.9. The van der Waals surface area contributed by atoms with E-state index in [2.05, 4.69) is 15.9 Å². The predicted octanol–water partition coefficient (Wildman–Crippen LogP) is 2.14. The van der Waals surface area contributed by atoms with Gasteiger partial charge in [-0.1, -0.05) is 12.1 Å². The molecule has 0 N–H and O–H groups in total. The Morgan fingerprint density at radius 1 is 1.32 bits per heavy atom. The summed E-state index contributed by atoms with van der Waals surface area (Å²) in [6, 6.07) is 6.99. The first-order chi connectivity index (χ1) is 9.02. The summed E-state index contributed by atoms with van der Waals surface area (Å²) in [5.41, 5.74) is 0.612. The van der Waals surface area contributed by atoms with Crippen LogP contribution >= 0.6 is 15.9 Å². The van der Waals surface area contributed by atoms with Crippen LogP contribution in [0.15, 0.2) is 28.7 Å². The first-order valence-corrected chi connectivity index (χ1v) is 7.08. The van der Waals surface area contributed by atoms with Gasteiger partial charge in [0.05, 0.1) is 5.56 Å². The van der Waals surface area contributed by atoms with Crippen LogP contribution < -0.4 is 0 Å². The Morgan fingerprint density at radius 2 is 2.00 bits per heavy atom. The van der Waals surface area contributed by atoms with Gasteiger partial charge in [-0.05, 0) is 40.9 Å². The first-order valence-electron chi connectivity index (χ1n) is 6.29. The molecule has 4 nitrogen and oxygen atoms in total. The number of carbonyl (C=O) groups is 2. The molecule has 0 bridgehead atoms. The normalized spacial score (nSPS) is 18.5. The number of carbonyl (C=O) groups excluding carboxylic acids is 2. The molecule has 1 aliphatic heterocycles. The predicted molar refractivity (Wildman–Crippen MR) is 76.9 cm³/mol. The minimum Gasteiger partial charge on any atom is -0.347 e. The molecule has 1 aromatic carbocycles. The molecule has 2 amide bonds. The second-order valence-electron chi connectivity index (χ2n) is 4.87. The number of nitrogens with zero attached hydrogens (tertiary/aromatic N) is 2. The van der Waals surface area contributed by atoms with E-state index in [0.29, 0.717) is 12.1 Å². The Hall–Kier alpha value is -1.36. The van der Waals surface area contributed by atoms with Gasteiger partial charge in [0.1, 0.15) is 6.04 Å². The van der Waals surface area contributed by atoms with Gasteiger partial charge in [0.25, 0.3) is 5.91 Å². The lowest BCUT2D eigenvalue weighted by Crippen LogP contribution is -2.45. The summed E-state index contributed by atoms with van der Waals surface area (Å²) in [5, 5.41) is 0. The molecule has 1 saturated heterocycles. The molecule has 1 unspecified atom stereocenters. The molecule has 2 rings (SSSR count). The molecule has 1 fully saturated rings. The van der Waals surface area contributed by atoms with Gasteiger partial charge in [-0.2, -0.15) is 0 Å². The SMILES string of the molecule is CN(C)C(=O)C1CCCN1C(=O)c1ccccc1Br. The Bertz CT molecular complexity index is 502. The molecular formula is C14H17BrN2O2. The van der Waals surface area contributed by atoms with Crippen molar-refractivity contribution in [2.75, 3.05) is 20.6 Å². The molecule has 1 atom stereocenters. The molecule has 0 spiro atoms. The van der Waals surface area contributed by atoms with E-state index in [1.807, 2.05) is 18.2 Å². The highest BCUT2D eigenvalue weighted by Crippen LogP contribution is 2.24. The summed E-state index contributed by atoms with van der Waals surface area (Å²) in [6.07, 6.45) is 1.62. The van der Waals surface area contributed by atoms with Crippen LogP contribution in [0.5, 0.6) is 0 Å². The third-order valence-corrected chi connectivity index (χ3v) is 4.04. The van der Waals surface area contributed by atoms with Crippen LogP contribution in [0.3, 0.4) is 0 Å². The fourth-order valence-corrected chi connectivity index (χ4v) is 2.81. The summed E-state index contributed by atoms with van der Waals surface area (Å²) in [7, 11) is 3.45. The standard InChI is InChI=1S/C14H17BrN2O2/c1-16(2)14(19)12-8-5-9-17(12)13(18)10-6-3-4-7-11(10)15/h3-4,6-7,12H,5,8-9H2,1-2H3. The number of likely N-dealkylation sites (N-methyl/N-ethyl adjacent to an activating group) is 1. The molecule has 5 heteroatoms. The zero-order valence-electron chi connectivity index (χ0n) is 11.1. The maximum atomic E-state index is 12.5. The van der Waals surface area contributed by atoms with Gasteiger partial charge in [-0.15, -0.1) is 0 Å². The van der Waals surface area contributed by atoms with E-state index in [9.17, 15) is 9.59 Å². The topological polar surface area (TPSA) is 40.6 Å². The Morgan fingerprint density at radius 3 is 2.63 bits per heavy atom. The second-order valence-corrected chi connectivity index (χ2v) is 5.72. The minimum absolute atomic E-state index is 0.00194. The van der Waals surface area contributed by atoms with Crippen molar-refractivity contribution in [1.82, 2.24) is 9.80 Å². The fourth-order valence-electron chi connectivity index (χ4n) is 2.35. The van der Waals surface area contributed by atoms with E-state index < -0.39 is 0 Å². The van der Waals surface area contributed by atoms with Gasteiger partial charge in [0, 0.05) is 25.1 Å². The van der Waals surface area contributed by atoms with Crippen LogP contribution in [0, 0.1) is 0 Å². The highest BCUT2D eigenvalue weighted by molar-refractivity contribution is 9.10. The number of hydrogen-bond donors (Lipinski definition) is 0. The van der Waals surface area contributed by atoms with Gasteiger partial charge >= 0.3 is 0 Å². The van der Waals surface area contributed by atoms with Gasteiger partial charge < -0.3 is 9.80 Å². The summed E-state index contributed by atoms with van der Waals surface area (Å²) in [5.74, 6) is -0.0805. The number of halogens is 1. The fraction of sp³-hybridized carbons (Fsp3) is 0.429. The summed E-state index contributed by atoms with van der Waals surface area (Å²) in [4.78, 5) is 27.9. The summed E-state index contributed by atoms with van der Waals surface area (Å²) >= 11 is 3.39. The van der Waals surface area contributed by atoms with Crippen molar-refractivity contribution in [2.24, 2.45) is 0 Å². The van der Waals surface area contributed by atoms with Crippen LogP contribution in [-0.2, 0) is 4.79 Å². The number of likely N-dealkylation sites (tertiary alicyclic amines) is 1. The Kier molecular flexibility index (Phi) is 4.24. The number of benzene rings is 1. The summed E-state index contributed by atoms with van der Waals surface area (Å²) in [6.45, 7) is 0.643. The van der Waals surface area contributed by atoms with Crippen LogP contribution in [0.1, 0.15) is 23.2 Å². The van der Waals surface area contributed by atoms with Crippen molar-refractivity contribution in [1.29, 1.82) is 0 Å². The molecule has 1 aromatic rings. The molecular weight excluding hydrogens is 308 g/mol. The maximum absolute atomic E-state index is 12.5. The molecule has 0 radical (unpaired) electrons. The van der Waals surface area contributed by atoms with E-state index >= 15 is 0 Å². The zero-order valence-corrected chi connectivity index (χ0v) is 12.7. The van der Waals surface area contributed by atoms with Crippen molar-refractivity contribution in [3.63, 3.8) is 0 Å². The molecule has 0 aromatic heterocycles. The molecule has 19 heavy (non-hydrogen) atoms. The third-order valence-electron chi connectivity index (χ3n) is 3.34. The number of amides is 2. The number of rotatable bonds is 2. The van der Waals surface area contributed by atoms with Crippen molar-refractivity contribution in [3.05, 3.63) is 34.3 Å². The van der Waals surface area contributed by atoms with Crippen molar-refractivity contribution >= 4 is 27.7 Å². The maximum Gasteiger partial charge on any atom is 0.255 e. The Labute approximate surface area is 121 Å². The third kappa shape index (κ3) is 2.81. The quantitative estimate of drug-likeness (QED) is 0.836. The van der Waals surface area contributed by atoms with E-state index in [0.717, 1.165) is 17.3 Å². The second kappa shape index (κ2) is 5.74. The summed E-state index contributed by atoms with van der Waals surface area (Å²) < 4.78 is 0.767. The number of hydrogen-bond acceptors (Lipinski definition) is 2. The van der Waals surface area contributed by atoms with Crippen molar-refractivity contribution in [2.45, 2.75) is 18.9 Å². The van der Waals surface area contributed by atoms with Crippen LogP contribution in [0.25, 0.3) is 0 Å². The van der Waals surface area contributed by atoms with Gasteiger partial charge in [-0.25, -0.2) is 0 Å². The van der Waals surface area contributed by atoms with Crippen molar-refractivity contribution in [3.8, 4) is 0 Å². The molecule has 0 aliphatic carbocycles. The van der Waals surface area contributed by atoms with Crippen LogP contribution in [0.4, 0.5) is 0 Å². The lowest BCUT2D eigenvalue weighted by Gasteiger charge is -2.26. The van der Waals surface area contributed by atoms with Crippen LogP contribution in [0.2, 0.25) is 0 Å². The molecule has 1 heterocycles. The van der Waals surface area contributed by atoms with Gasteiger partial charge in [-0.3, -0.25) is 9.59 Å². The first kappa shape index (κ1) is 14.1. The average Bonchev–Trinajstić information content (AvgIpc) is 2.86. The monoisotopic (exact) mass is 324 g/mol. The largest absolute Gasteiger partial charge is 0.347 e. The van der Waals surface area contributed by atoms with Gasteiger partial charge in [0.15, 0.2) is 0 Å². The average molecular weight is 325 g/mol. The molecule has 1 aliphatic rings. The van der Waals surface area contributed by atoms with E-state index in [-0.39, 0.29) is 17.9 Å². The zero-order chi connectivity index (χ0) is 14.0. The smallest absolute Gasteiger partial charge is 0.255 e. The van der Waals surface area contributed by atoms with Gasteiger partial charge in [0.2, 0.25) is 5.91 Å². The molecule has 102 valence electrons. The van der Waals surface area contributed by atoms with Crippen LogP contribution in [-0.4, -0.2) is 48.3 Å².